The van der Waals surface area contributed by atoms with Gasteiger partial charge in [0.25, 0.3) is 0 Å². The number of fused-ring (bicyclic) bond motifs is 5. The molecule has 2 nitrogen and oxygen atoms in total. The van der Waals surface area contributed by atoms with Crippen LogP contribution in [0, 0.1) is 17.3 Å². The Labute approximate surface area is 191 Å². The third-order valence-electron chi connectivity index (χ3n) is 8.67. The molecule has 0 bridgehead atoms. The highest BCUT2D eigenvalue weighted by atomic mass is 19.1. The van der Waals surface area contributed by atoms with Gasteiger partial charge in [-0.1, -0.05) is 37.3 Å². The van der Waals surface area contributed by atoms with Gasteiger partial charge in [0.15, 0.2) is 0 Å². The molecule has 4 atom stereocenters. The fourth-order valence-corrected chi connectivity index (χ4v) is 6.93. The van der Waals surface area contributed by atoms with Crippen LogP contribution in [0.2, 0.25) is 0 Å². The summed E-state index contributed by atoms with van der Waals surface area (Å²) < 4.78 is 15.7. The minimum absolute atomic E-state index is 0.140. The summed E-state index contributed by atoms with van der Waals surface area (Å²) in [6, 6.07) is 8.89. The van der Waals surface area contributed by atoms with E-state index in [-0.39, 0.29) is 5.41 Å². The average Bonchev–Trinajstić information content (AvgIpc) is 3.09. The first-order chi connectivity index (χ1) is 15.6. The molecule has 3 heteroatoms. The van der Waals surface area contributed by atoms with Gasteiger partial charge in [-0.05, 0) is 115 Å². The second kappa shape index (κ2) is 8.26. The molecule has 1 saturated carbocycles. The summed E-state index contributed by atoms with van der Waals surface area (Å²) in [4.78, 5) is 4.31. The molecule has 4 aliphatic rings. The minimum Gasteiger partial charge on any atom is -0.333 e. The van der Waals surface area contributed by atoms with Crippen LogP contribution in [-0.2, 0) is 0 Å². The van der Waals surface area contributed by atoms with E-state index in [1.54, 1.807) is 0 Å². The van der Waals surface area contributed by atoms with E-state index in [2.05, 4.69) is 60.1 Å². The summed E-state index contributed by atoms with van der Waals surface area (Å²) in [6.45, 7) is 2.45. The Morgan fingerprint density at radius 2 is 1.94 bits per heavy atom. The Balaban J connectivity index is 0.00000105. The molecular weight excluding hydrogens is 395 g/mol. The number of rotatable bonds is 1. The lowest BCUT2D eigenvalue weighted by molar-refractivity contribution is 0.132. The molecule has 4 aliphatic carbocycles. The quantitative estimate of drug-likeness (QED) is 0.521. The standard InChI is InChI=1S/C28H30FN.CH5N/c1-27-13-9-20-17-23-4-2-3-12-28(23,29)14-10-24(20)26(27)8-7-25(27)21-6-5-19-11-15-30-18-22(19)16-21;1-2/h5-7,9,11,15-18,24,26H,2-4,8,10,12-14H2,1H3;2H2,1H3/t24?,26?,27?,28-;/m0./s1. The number of pyridine rings is 1. The minimum atomic E-state index is -1.03. The van der Waals surface area contributed by atoms with Gasteiger partial charge in [0, 0.05) is 17.8 Å². The van der Waals surface area contributed by atoms with Crippen molar-refractivity contribution in [3.63, 3.8) is 0 Å². The molecule has 1 aromatic heterocycles. The normalized spacial score (nSPS) is 33.4. The SMILES string of the molecule is CC12CC=C3C=C4CCCC[C@]4(F)CCC3C1CC=C2c1ccc2ccncc2c1.CN. The van der Waals surface area contributed by atoms with Gasteiger partial charge < -0.3 is 5.73 Å². The van der Waals surface area contributed by atoms with E-state index in [1.807, 2.05) is 12.4 Å². The number of hydrogen-bond acceptors (Lipinski definition) is 2. The van der Waals surface area contributed by atoms with Crippen LogP contribution in [0.3, 0.4) is 0 Å². The predicted octanol–water partition coefficient (Wildman–Crippen LogP) is 7.17. The highest BCUT2D eigenvalue weighted by Crippen LogP contribution is 2.60. The molecular formula is C29H35FN2. The number of hydrogen-bond donors (Lipinski definition) is 1. The Morgan fingerprint density at radius 3 is 2.81 bits per heavy atom. The summed E-state index contributed by atoms with van der Waals surface area (Å²) in [7, 11) is 1.50. The lowest BCUT2D eigenvalue weighted by Gasteiger charge is -2.43. The summed E-state index contributed by atoms with van der Waals surface area (Å²) in [5.41, 5.74) is 8.96. The maximum atomic E-state index is 15.7. The monoisotopic (exact) mass is 430 g/mol. The number of benzene rings is 1. The summed E-state index contributed by atoms with van der Waals surface area (Å²) in [6.07, 6.45) is 18.8. The summed E-state index contributed by atoms with van der Waals surface area (Å²) in [5.74, 6) is 1.07. The van der Waals surface area contributed by atoms with E-state index in [1.165, 1.54) is 34.5 Å². The van der Waals surface area contributed by atoms with Crippen LogP contribution in [0.4, 0.5) is 4.39 Å². The van der Waals surface area contributed by atoms with Crippen LogP contribution in [0.1, 0.15) is 63.9 Å². The Kier molecular flexibility index (Phi) is 5.57. The third kappa shape index (κ3) is 3.37. The molecule has 0 saturated heterocycles. The molecule has 0 amide bonds. The second-order valence-corrected chi connectivity index (χ2v) is 10.2. The topological polar surface area (TPSA) is 38.9 Å². The van der Waals surface area contributed by atoms with Crippen LogP contribution >= 0.6 is 0 Å². The summed E-state index contributed by atoms with van der Waals surface area (Å²) >= 11 is 0. The molecule has 0 spiro atoms. The van der Waals surface area contributed by atoms with Gasteiger partial charge in [0.2, 0.25) is 0 Å². The highest BCUT2D eigenvalue weighted by Gasteiger charge is 2.50. The fourth-order valence-electron chi connectivity index (χ4n) is 6.93. The first-order valence-electron chi connectivity index (χ1n) is 12.3. The third-order valence-corrected chi connectivity index (χ3v) is 8.67. The molecule has 0 aliphatic heterocycles. The summed E-state index contributed by atoms with van der Waals surface area (Å²) in [5, 5.41) is 2.45. The predicted molar refractivity (Wildman–Crippen MR) is 132 cm³/mol. The molecule has 6 rings (SSSR count). The van der Waals surface area contributed by atoms with Crippen LogP contribution < -0.4 is 5.73 Å². The molecule has 0 radical (unpaired) electrons. The van der Waals surface area contributed by atoms with Gasteiger partial charge in [-0.3, -0.25) is 4.98 Å². The molecule has 168 valence electrons. The van der Waals surface area contributed by atoms with Gasteiger partial charge in [-0.2, -0.15) is 0 Å². The van der Waals surface area contributed by atoms with Gasteiger partial charge in [0.05, 0.1) is 0 Å². The maximum Gasteiger partial charge on any atom is 0.132 e. The van der Waals surface area contributed by atoms with Gasteiger partial charge in [-0.25, -0.2) is 4.39 Å². The van der Waals surface area contributed by atoms with Gasteiger partial charge in [0.1, 0.15) is 5.67 Å². The number of alkyl halides is 1. The Hall–Kier alpha value is -2.26. The van der Waals surface area contributed by atoms with Crippen LogP contribution in [0.25, 0.3) is 16.3 Å². The van der Waals surface area contributed by atoms with Crippen LogP contribution in [-0.4, -0.2) is 17.7 Å². The smallest absolute Gasteiger partial charge is 0.132 e. The highest BCUT2D eigenvalue weighted by molar-refractivity contribution is 5.87. The van der Waals surface area contributed by atoms with Gasteiger partial charge in [-0.15, -0.1) is 0 Å². The van der Waals surface area contributed by atoms with E-state index in [0.29, 0.717) is 18.3 Å². The van der Waals surface area contributed by atoms with Crippen molar-refractivity contribution in [3.8, 4) is 0 Å². The number of halogens is 1. The Morgan fingerprint density at radius 1 is 1.06 bits per heavy atom. The van der Waals surface area contributed by atoms with E-state index >= 15 is 4.39 Å². The molecule has 1 aromatic carbocycles. The van der Waals surface area contributed by atoms with E-state index in [4.69, 9.17) is 0 Å². The first kappa shape index (κ1) is 21.6. The largest absolute Gasteiger partial charge is 0.333 e. The van der Waals surface area contributed by atoms with Crippen molar-refractivity contribution in [2.45, 2.75) is 64.0 Å². The van der Waals surface area contributed by atoms with E-state index in [0.717, 1.165) is 50.5 Å². The average molecular weight is 431 g/mol. The molecule has 2 N–H and O–H groups in total. The fraction of sp³-hybridized carbons (Fsp3) is 0.483. The number of allylic oxidation sites excluding steroid dienone is 6. The number of aromatic nitrogens is 1. The molecule has 3 unspecified atom stereocenters. The lowest BCUT2D eigenvalue weighted by atomic mass is 9.60. The van der Waals surface area contributed by atoms with Crippen molar-refractivity contribution in [1.82, 2.24) is 4.98 Å². The zero-order chi connectivity index (χ0) is 22.3. The Bertz CT molecular complexity index is 1110. The molecule has 1 heterocycles. The van der Waals surface area contributed by atoms with Crippen molar-refractivity contribution in [3.05, 3.63) is 71.6 Å². The molecule has 32 heavy (non-hydrogen) atoms. The molecule has 1 fully saturated rings. The maximum absolute atomic E-state index is 15.7. The van der Waals surface area contributed by atoms with E-state index < -0.39 is 5.67 Å². The zero-order valence-electron chi connectivity index (χ0n) is 19.4. The number of nitrogens with two attached hydrogens (primary N) is 1. The van der Waals surface area contributed by atoms with Crippen molar-refractivity contribution in [2.24, 2.45) is 23.0 Å². The van der Waals surface area contributed by atoms with Crippen LogP contribution in [0.15, 0.2) is 66.0 Å². The van der Waals surface area contributed by atoms with Crippen LogP contribution in [0.5, 0.6) is 0 Å². The number of nitrogens with zero attached hydrogens (tertiary/aromatic N) is 1. The van der Waals surface area contributed by atoms with Crippen molar-refractivity contribution in [1.29, 1.82) is 0 Å². The van der Waals surface area contributed by atoms with Crippen molar-refractivity contribution in [2.75, 3.05) is 7.05 Å². The zero-order valence-corrected chi connectivity index (χ0v) is 19.4. The molecule has 2 aromatic rings. The van der Waals surface area contributed by atoms with E-state index in [9.17, 15) is 0 Å². The first-order valence-corrected chi connectivity index (χ1v) is 12.3. The van der Waals surface area contributed by atoms with Gasteiger partial charge >= 0.3 is 0 Å². The van der Waals surface area contributed by atoms with Crippen molar-refractivity contribution >= 4 is 16.3 Å². The lowest BCUT2D eigenvalue weighted by Crippen LogP contribution is -2.34. The second-order valence-electron chi connectivity index (χ2n) is 10.2. The van der Waals surface area contributed by atoms with Crippen molar-refractivity contribution < 1.29 is 4.39 Å².